The summed E-state index contributed by atoms with van der Waals surface area (Å²) in [7, 11) is 3.63. The molecule has 0 spiro atoms. The van der Waals surface area contributed by atoms with Gasteiger partial charge in [0.1, 0.15) is 11.8 Å². The molecule has 1 atom stereocenters. The van der Waals surface area contributed by atoms with Crippen LogP contribution in [0.1, 0.15) is 11.6 Å². The molecule has 1 unspecified atom stereocenters. The van der Waals surface area contributed by atoms with Gasteiger partial charge in [0.15, 0.2) is 0 Å². The summed E-state index contributed by atoms with van der Waals surface area (Å²) in [6.45, 7) is 3.40. The smallest absolute Gasteiger partial charge is 0.244 e. The van der Waals surface area contributed by atoms with Gasteiger partial charge in [-0.1, -0.05) is 0 Å². The zero-order chi connectivity index (χ0) is 17.1. The van der Waals surface area contributed by atoms with E-state index in [0.717, 1.165) is 37.4 Å². The highest BCUT2D eigenvalue weighted by molar-refractivity contribution is 7.08. The number of hydrogen-bond donors (Lipinski definition) is 1. The number of piperazine rings is 1. The van der Waals surface area contributed by atoms with Gasteiger partial charge in [0.2, 0.25) is 5.91 Å². The van der Waals surface area contributed by atoms with Crippen LogP contribution in [-0.4, -0.2) is 61.1 Å². The van der Waals surface area contributed by atoms with Crippen LogP contribution in [0.3, 0.4) is 0 Å². The average Bonchev–Trinajstić information content (AvgIpc) is 3.10. The van der Waals surface area contributed by atoms with E-state index in [0.29, 0.717) is 0 Å². The fraction of sp³-hybridized carbons (Fsp3) is 0.389. The highest BCUT2D eigenvalue weighted by Crippen LogP contribution is 2.27. The number of nitrogens with zero attached hydrogens (tertiary/aromatic N) is 3. The molecule has 1 aliphatic heterocycles. The van der Waals surface area contributed by atoms with Crippen LogP contribution in [0.15, 0.2) is 41.1 Å². The number of thiophene rings is 1. The second-order valence-corrected chi connectivity index (χ2v) is 7.01. The first kappa shape index (κ1) is 16.8. The number of phenols is 1. The minimum Gasteiger partial charge on any atom is -0.508 e. The third-order valence-corrected chi connectivity index (χ3v) is 5.13. The van der Waals surface area contributed by atoms with Crippen molar-refractivity contribution in [3.8, 4) is 5.75 Å². The maximum Gasteiger partial charge on any atom is 0.244 e. The zero-order valence-corrected chi connectivity index (χ0v) is 14.9. The molecule has 5 nitrogen and oxygen atoms in total. The Morgan fingerprint density at radius 1 is 1.12 bits per heavy atom. The van der Waals surface area contributed by atoms with Gasteiger partial charge in [-0.3, -0.25) is 9.69 Å². The predicted molar refractivity (Wildman–Crippen MR) is 97.6 cm³/mol. The summed E-state index contributed by atoms with van der Waals surface area (Å²) in [4.78, 5) is 18.9. The Kier molecular flexibility index (Phi) is 5.06. The monoisotopic (exact) mass is 345 g/mol. The minimum atomic E-state index is -0.201. The lowest BCUT2D eigenvalue weighted by atomic mass is 10.1. The summed E-state index contributed by atoms with van der Waals surface area (Å²) < 4.78 is 0. The number of aromatic hydroxyl groups is 1. The molecular formula is C18H23N3O2S. The third-order valence-electron chi connectivity index (χ3n) is 4.43. The van der Waals surface area contributed by atoms with E-state index in [1.165, 1.54) is 0 Å². The van der Waals surface area contributed by atoms with Gasteiger partial charge in [-0.05, 0) is 46.7 Å². The largest absolute Gasteiger partial charge is 0.508 e. The number of amides is 1. The number of carbonyl (C=O) groups is 1. The molecule has 2 aromatic rings. The van der Waals surface area contributed by atoms with Gasteiger partial charge in [-0.25, -0.2) is 0 Å². The average molecular weight is 345 g/mol. The van der Waals surface area contributed by atoms with Crippen molar-refractivity contribution in [3.63, 3.8) is 0 Å². The molecule has 1 fully saturated rings. The van der Waals surface area contributed by atoms with Crippen molar-refractivity contribution in [1.82, 2.24) is 9.80 Å². The van der Waals surface area contributed by atoms with Gasteiger partial charge in [0, 0.05) is 46.0 Å². The number of anilines is 1. The van der Waals surface area contributed by atoms with Crippen molar-refractivity contribution in [2.24, 2.45) is 0 Å². The van der Waals surface area contributed by atoms with E-state index in [9.17, 15) is 9.90 Å². The summed E-state index contributed by atoms with van der Waals surface area (Å²) >= 11 is 1.63. The Morgan fingerprint density at radius 2 is 1.79 bits per heavy atom. The van der Waals surface area contributed by atoms with E-state index in [2.05, 4.69) is 15.2 Å². The highest BCUT2D eigenvalue weighted by Gasteiger charge is 2.31. The van der Waals surface area contributed by atoms with Crippen molar-refractivity contribution >= 4 is 22.9 Å². The van der Waals surface area contributed by atoms with Crippen LogP contribution in [0.2, 0.25) is 0 Å². The molecule has 1 saturated heterocycles. The topological polar surface area (TPSA) is 47.0 Å². The molecule has 0 aliphatic carbocycles. The van der Waals surface area contributed by atoms with Crippen LogP contribution in [0, 0.1) is 0 Å². The normalized spacial score (nSPS) is 16.8. The standard InChI is InChI=1S/C18H23N3O2S/c1-19(2)18(23)17(14-7-12-24-13-14)21-10-8-20(9-11-21)15-3-5-16(22)6-4-15/h3-7,12-13,17,22H,8-11H2,1-2H3. The fourth-order valence-electron chi connectivity index (χ4n) is 3.09. The first-order chi connectivity index (χ1) is 11.6. The first-order valence-corrected chi connectivity index (χ1v) is 9.02. The number of hydrogen-bond acceptors (Lipinski definition) is 5. The molecule has 24 heavy (non-hydrogen) atoms. The van der Waals surface area contributed by atoms with Crippen LogP contribution in [0.25, 0.3) is 0 Å². The molecule has 1 N–H and O–H groups in total. The van der Waals surface area contributed by atoms with Crippen LogP contribution >= 0.6 is 11.3 Å². The van der Waals surface area contributed by atoms with Crippen molar-refractivity contribution in [2.45, 2.75) is 6.04 Å². The molecule has 3 rings (SSSR count). The summed E-state index contributed by atoms with van der Waals surface area (Å²) in [6.07, 6.45) is 0. The Labute approximate surface area is 146 Å². The summed E-state index contributed by atoms with van der Waals surface area (Å²) in [5, 5.41) is 13.5. The van der Waals surface area contributed by atoms with E-state index < -0.39 is 0 Å². The zero-order valence-electron chi connectivity index (χ0n) is 14.1. The van der Waals surface area contributed by atoms with E-state index in [1.807, 2.05) is 37.7 Å². The van der Waals surface area contributed by atoms with Crippen LogP contribution in [0.4, 0.5) is 5.69 Å². The highest BCUT2D eigenvalue weighted by atomic mass is 32.1. The van der Waals surface area contributed by atoms with E-state index in [-0.39, 0.29) is 17.7 Å². The molecule has 1 aromatic heterocycles. The first-order valence-electron chi connectivity index (χ1n) is 8.07. The van der Waals surface area contributed by atoms with E-state index in [4.69, 9.17) is 0 Å². The van der Waals surface area contributed by atoms with Crippen molar-refractivity contribution in [2.75, 3.05) is 45.2 Å². The lowest BCUT2D eigenvalue weighted by molar-refractivity contribution is -0.134. The van der Waals surface area contributed by atoms with Crippen molar-refractivity contribution in [1.29, 1.82) is 0 Å². The lowest BCUT2D eigenvalue weighted by Gasteiger charge is -2.40. The SMILES string of the molecule is CN(C)C(=O)C(c1ccsc1)N1CCN(c2ccc(O)cc2)CC1. The summed E-state index contributed by atoms with van der Waals surface area (Å²) in [5.41, 5.74) is 2.19. The summed E-state index contributed by atoms with van der Waals surface area (Å²) in [5.74, 6) is 0.415. The molecule has 1 aromatic carbocycles. The quantitative estimate of drug-likeness (QED) is 0.924. The molecular weight excluding hydrogens is 322 g/mol. The van der Waals surface area contributed by atoms with Gasteiger partial charge in [-0.2, -0.15) is 11.3 Å². The maximum atomic E-state index is 12.7. The fourth-order valence-corrected chi connectivity index (χ4v) is 3.77. The molecule has 6 heteroatoms. The van der Waals surface area contributed by atoms with Gasteiger partial charge in [-0.15, -0.1) is 0 Å². The molecule has 0 bridgehead atoms. The molecule has 2 heterocycles. The van der Waals surface area contributed by atoms with E-state index >= 15 is 0 Å². The number of carbonyl (C=O) groups excluding carboxylic acids is 1. The number of likely N-dealkylation sites (N-methyl/N-ethyl adjacent to an activating group) is 1. The van der Waals surface area contributed by atoms with Gasteiger partial charge in [0.25, 0.3) is 0 Å². The molecule has 1 amide bonds. The Hall–Kier alpha value is -2.05. The summed E-state index contributed by atoms with van der Waals surface area (Å²) in [6, 6.07) is 9.15. The molecule has 128 valence electrons. The minimum absolute atomic E-state index is 0.131. The molecule has 0 saturated carbocycles. The Bertz CT molecular complexity index is 662. The van der Waals surface area contributed by atoms with Gasteiger partial charge < -0.3 is 14.9 Å². The third kappa shape index (κ3) is 3.55. The number of rotatable bonds is 4. The molecule has 0 radical (unpaired) electrons. The van der Waals surface area contributed by atoms with Crippen molar-refractivity contribution in [3.05, 3.63) is 46.7 Å². The Balaban J connectivity index is 1.71. The van der Waals surface area contributed by atoms with Gasteiger partial charge >= 0.3 is 0 Å². The lowest BCUT2D eigenvalue weighted by Crippen LogP contribution is -2.50. The van der Waals surface area contributed by atoms with Crippen molar-refractivity contribution < 1.29 is 9.90 Å². The maximum absolute atomic E-state index is 12.7. The number of benzene rings is 1. The number of phenolic OH excluding ortho intramolecular Hbond substituents is 1. The second-order valence-electron chi connectivity index (χ2n) is 6.23. The van der Waals surface area contributed by atoms with Gasteiger partial charge in [0.05, 0.1) is 0 Å². The predicted octanol–water partition coefficient (Wildman–Crippen LogP) is 2.41. The van der Waals surface area contributed by atoms with Crippen LogP contribution < -0.4 is 4.90 Å². The van der Waals surface area contributed by atoms with E-state index in [1.54, 1.807) is 28.4 Å². The Morgan fingerprint density at radius 3 is 2.33 bits per heavy atom. The molecule has 1 aliphatic rings. The second kappa shape index (κ2) is 7.23. The van der Waals surface area contributed by atoms with Crippen LogP contribution in [0.5, 0.6) is 5.75 Å². The van der Waals surface area contributed by atoms with Crippen LogP contribution in [-0.2, 0) is 4.79 Å².